The molecular weight excluding hydrogens is 418 g/mol. The van der Waals surface area contributed by atoms with Crippen LogP contribution in [-0.2, 0) is 0 Å². The Hall–Kier alpha value is -2.71. The number of thiophene rings is 1. The zero-order valence-corrected chi connectivity index (χ0v) is 18.6. The molecule has 4 rings (SSSR count). The van der Waals surface area contributed by atoms with Gasteiger partial charge in [0, 0.05) is 26.2 Å². The van der Waals surface area contributed by atoms with Crippen LogP contribution >= 0.6 is 22.7 Å². The predicted molar refractivity (Wildman–Crippen MR) is 120 cm³/mol. The van der Waals surface area contributed by atoms with Crippen LogP contribution in [0.2, 0.25) is 0 Å². The number of benzene rings is 1. The maximum atomic E-state index is 13.2. The third-order valence-electron chi connectivity index (χ3n) is 5.13. The fraction of sp³-hybridized carbons (Fsp3) is 0.318. The van der Waals surface area contributed by atoms with Gasteiger partial charge in [0.05, 0.1) is 23.2 Å². The molecule has 0 atom stereocenters. The summed E-state index contributed by atoms with van der Waals surface area (Å²) in [6.07, 6.45) is 0.738. The molecule has 0 aliphatic carbocycles. The highest BCUT2D eigenvalue weighted by atomic mass is 32.1. The Balaban J connectivity index is 1.47. The normalized spacial score (nSPS) is 14.5. The Morgan fingerprint density at radius 2 is 1.73 bits per heavy atom. The number of methoxy groups -OCH3 is 1. The summed E-state index contributed by atoms with van der Waals surface area (Å²) in [7, 11) is 1.57. The van der Waals surface area contributed by atoms with Gasteiger partial charge >= 0.3 is 0 Å². The van der Waals surface area contributed by atoms with Gasteiger partial charge in [-0.15, -0.1) is 22.7 Å². The number of ether oxygens (including phenoxy) is 1. The molecule has 1 aromatic carbocycles. The van der Waals surface area contributed by atoms with Gasteiger partial charge in [0.2, 0.25) is 0 Å². The van der Waals surface area contributed by atoms with Gasteiger partial charge in [0.25, 0.3) is 11.8 Å². The molecule has 0 bridgehead atoms. The highest BCUT2D eigenvalue weighted by Gasteiger charge is 2.27. The van der Waals surface area contributed by atoms with Crippen molar-refractivity contribution in [1.82, 2.24) is 14.8 Å². The first-order chi connectivity index (χ1) is 14.6. The van der Waals surface area contributed by atoms with Crippen LogP contribution < -0.4 is 4.74 Å². The van der Waals surface area contributed by atoms with Crippen molar-refractivity contribution >= 4 is 34.5 Å². The van der Waals surface area contributed by atoms with Gasteiger partial charge in [0.15, 0.2) is 0 Å². The molecule has 1 aliphatic heterocycles. The van der Waals surface area contributed by atoms with Gasteiger partial charge in [0.1, 0.15) is 15.6 Å². The highest BCUT2D eigenvalue weighted by Crippen LogP contribution is 2.32. The van der Waals surface area contributed by atoms with Gasteiger partial charge in [-0.3, -0.25) is 9.59 Å². The summed E-state index contributed by atoms with van der Waals surface area (Å²) in [6, 6.07) is 11.3. The number of aromatic nitrogens is 1. The van der Waals surface area contributed by atoms with Crippen LogP contribution in [0.1, 0.15) is 32.1 Å². The maximum Gasteiger partial charge on any atom is 0.265 e. The number of thiazole rings is 1. The number of nitrogens with zero attached hydrogens (tertiary/aromatic N) is 3. The number of para-hydroxylation sites is 1. The molecule has 0 unspecified atom stereocenters. The van der Waals surface area contributed by atoms with Crippen LogP contribution in [0.25, 0.3) is 9.88 Å². The van der Waals surface area contributed by atoms with E-state index in [4.69, 9.17) is 4.74 Å². The van der Waals surface area contributed by atoms with E-state index >= 15 is 0 Å². The lowest BCUT2D eigenvalue weighted by Gasteiger charge is -2.22. The summed E-state index contributed by atoms with van der Waals surface area (Å²) < 4.78 is 5.34. The molecule has 0 spiro atoms. The second kappa shape index (κ2) is 8.97. The minimum Gasteiger partial charge on any atom is -0.496 e. The second-order valence-corrected chi connectivity index (χ2v) is 9.00. The van der Waals surface area contributed by atoms with Crippen molar-refractivity contribution in [3.05, 3.63) is 57.9 Å². The van der Waals surface area contributed by atoms with Crippen LogP contribution in [0, 0.1) is 6.92 Å². The average Bonchev–Trinajstić information content (AvgIpc) is 3.36. The zero-order valence-electron chi connectivity index (χ0n) is 17.0. The fourth-order valence-electron chi connectivity index (χ4n) is 3.56. The van der Waals surface area contributed by atoms with E-state index in [2.05, 4.69) is 4.98 Å². The van der Waals surface area contributed by atoms with Gasteiger partial charge in [-0.05, 0) is 36.9 Å². The molecule has 2 amide bonds. The molecule has 30 heavy (non-hydrogen) atoms. The molecule has 3 aromatic rings. The lowest BCUT2D eigenvalue weighted by molar-refractivity contribution is 0.0718. The summed E-state index contributed by atoms with van der Waals surface area (Å²) in [4.78, 5) is 36.2. The van der Waals surface area contributed by atoms with E-state index in [9.17, 15) is 9.59 Å². The van der Waals surface area contributed by atoms with Crippen molar-refractivity contribution in [2.45, 2.75) is 13.3 Å². The average molecular weight is 442 g/mol. The molecule has 0 radical (unpaired) electrons. The molecule has 0 saturated carbocycles. The first kappa shape index (κ1) is 20.6. The molecule has 156 valence electrons. The summed E-state index contributed by atoms with van der Waals surface area (Å²) >= 11 is 3.07. The lowest BCUT2D eigenvalue weighted by atomic mass is 10.1. The number of carbonyl (C=O) groups is 2. The number of amides is 2. The number of aryl methyl sites for hydroxylation is 1. The van der Waals surface area contributed by atoms with Gasteiger partial charge in [-0.1, -0.05) is 18.2 Å². The molecule has 0 N–H and O–H groups in total. The summed E-state index contributed by atoms with van der Waals surface area (Å²) in [5.41, 5.74) is 1.32. The van der Waals surface area contributed by atoms with Gasteiger partial charge in [-0.25, -0.2) is 4.98 Å². The van der Waals surface area contributed by atoms with Crippen molar-refractivity contribution in [1.29, 1.82) is 0 Å². The summed E-state index contributed by atoms with van der Waals surface area (Å²) in [6.45, 7) is 4.13. The van der Waals surface area contributed by atoms with Gasteiger partial charge in [-0.2, -0.15) is 0 Å². The number of hydrogen-bond donors (Lipinski definition) is 0. The smallest absolute Gasteiger partial charge is 0.265 e. The maximum absolute atomic E-state index is 13.2. The first-order valence-electron chi connectivity index (χ1n) is 9.81. The van der Waals surface area contributed by atoms with E-state index in [1.807, 2.05) is 46.4 Å². The van der Waals surface area contributed by atoms with E-state index in [0.29, 0.717) is 42.4 Å². The molecule has 1 saturated heterocycles. The third kappa shape index (κ3) is 4.11. The Labute approximate surface area is 183 Å². The van der Waals surface area contributed by atoms with Crippen molar-refractivity contribution in [2.75, 3.05) is 33.3 Å². The molecule has 6 nitrogen and oxygen atoms in total. The van der Waals surface area contributed by atoms with Crippen molar-refractivity contribution in [3.63, 3.8) is 0 Å². The molecule has 1 fully saturated rings. The first-order valence-corrected chi connectivity index (χ1v) is 11.5. The van der Waals surface area contributed by atoms with Crippen LogP contribution in [0.4, 0.5) is 0 Å². The standard InChI is InChI=1S/C22H23N3O3S2/c1-15-19(30-20(23-15)18-9-5-14-29-18)22(27)25-11-6-10-24(12-13-25)21(26)16-7-3-4-8-17(16)28-2/h3-5,7-9,14H,6,10-13H2,1-2H3. The number of hydrogen-bond acceptors (Lipinski definition) is 6. The monoisotopic (exact) mass is 441 g/mol. The van der Waals surface area contributed by atoms with E-state index in [0.717, 1.165) is 22.0 Å². The molecular formula is C22H23N3O3S2. The summed E-state index contributed by atoms with van der Waals surface area (Å²) in [5, 5.41) is 2.89. The third-order valence-corrected chi connectivity index (χ3v) is 7.32. The van der Waals surface area contributed by atoms with Crippen molar-refractivity contribution < 1.29 is 14.3 Å². The zero-order chi connectivity index (χ0) is 21.1. The number of rotatable bonds is 4. The lowest BCUT2D eigenvalue weighted by Crippen LogP contribution is -2.37. The highest BCUT2D eigenvalue weighted by molar-refractivity contribution is 7.22. The predicted octanol–water partition coefficient (Wildman–Crippen LogP) is 4.18. The fourth-order valence-corrected chi connectivity index (χ4v) is 5.39. The quantitative estimate of drug-likeness (QED) is 0.609. The SMILES string of the molecule is COc1ccccc1C(=O)N1CCCN(C(=O)c2sc(-c3cccs3)nc2C)CC1. The summed E-state index contributed by atoms with van der Waals surface area (Å²) in [5.74, 6) is 0.510. The van der Waals surface area contributed by atoms with E-state index < -0.39 is 0 Å². The molecule has 1 aliphatic rings. The Kier molecular flexibility index (Phi) is 6.15. The van der Waals surface area contributed by atoms with Crippen molar-refractivity contribution in [3.8, 4) is 15.6 Å². The Morgan fingerprint density at radius 3 is 2.43 bits per heavy atom. The Bertz CT molecular complexity index is 1050. The van der Waals surface area contributed by atoms with E-state index in [1.54, 1.807) is 30.6 Å². The van der Waals surface area contributed by atoms with Crippen LogP contribution in [0.15, 0.2) is 41.8 Å². The van der Waals surface area contributed by atoms with E-state index in [-0.39, 0.29) is 11.8 Å². The topological polar surface area (TPSA) is 62.7 Å². The van der Waals surface area contributed by atoms with Crippen LogP contribution in [0.3, 0.4) is 0 Å². The van der Waals surface area contributed by atoms with Crippen LogP contribution in [-0.4, -0.2) is 59.9 Å². The minimum atomic E-state index is -0.0595. The molecule has 8 heteroatoms. The minimum absolute atomic E-state index is 0.000559. The second-order valence-electron chi connectivity index (χ2n) is 7.05. The molecule has 3 heterocycles. The number of carbonyl (C=O) groups excluding carboxylic acids is 2. The van der Waals surface area contributed by atoms with Crippen molar-refractivity contribution in [2.24, 2.45) is 0 Å². The van der Waals surface area contributed by atoms with Gasteiger partial charge < -0.3 is 14.5 Å². The largest absolute Gasteiger partial charge is 0.496 e. The molecule has 2 aromatic heterocycles. The van der Waals surface area contributed by atoms with Crippen LogP contribution in [0.5, 0.6) is 5.75 Å². The van der Waals surface area contributed by atoms with E-state index in [1.165, 1.54) is 11.3 Å². The Morgan fingerprint density at radius 1 is 1.00 bits per heavy atom.